The molecule has 35 heavy (non-hydrogen) atoms. The van der Waals surface area contributed by atoms with Gasteiger partial charge in [0.25, 0.3) is 0 Å². The number of nitrogens with one attached hydrogen (secondary N) is 1. The highest BCUT2D eigenvalue weighted by Crippen LogP contribution is 2.28. The molecule has 0 spiro atoms. The number of rotatable bonds is 9. The van der Waals surface area contributed by atoms with Gasteiger partial charge in [0.15, 0.2) is 5.65 Å². The second-order valence-electron chi connectivity index (χ2n) is 10.3. The van der Waals surface area contributed by atoms with Crippen molar-refractivity contribution in [2.75, 3.05) is 31.6 Å². The van der Waals surface area contributed by atoms with Gasteiger partial charge >= 0.3 is 6.18 Å². The van der Waals surface area contributed by atoms with Crippen LogP contribution < -0.4 is 5.32 Å². The van der Waals surface area contributed by atoms with E-state index < -0.39 is 20.8 Å². The Morgan fingerprint density at radius 3 is 2.80 bits per heavy atom. The molecule has 190 valence electrons. The lowest BCUT2D eigenvalue weighted by Crippen LogP contribution is -2.46. The van der Waals surface area contributed by atoms with E-state index in [1.165, 1.54) is 4.90 Å². The van der Waals surface area contributed by atoms with Crippen molar-refractivity contribution in [3.8, 4) is 11.3 Å². The van der Waals surface area contributed by atoms with Crippen molar-refractivity contribution in [2.24, 2.45) is 0 Å². The fraction of sp³-hybridized carbons (Fsp3) is 0.542. The van der Waals surface area contributed by atoms with Gasteiger partial charge in [-0.05, 0) is 43.6 Å². The Hall–Kier alpha value is -2.50. The van der Waals surface area contributed by atoms with E-state index >= 15 is 0 Å². The molecule has 4 heterocycles. The Bertz CT molecular complexity index is 1130. The summed E-state index contributed by atoms with van der Waals surface area (Å²) in [6.45, 7) is 8.01. The van der Waals surface area contributed by atoms with Crippen molar-refractivity contribution in [1.29, 1.82) is 0 Å². The first-order valence-electron chi connectivity index (χ1n) is 12.0. The zero-order valence-corrected chi connectivity index (χ0v) is 21.5. The zero-order chi connectivity index (χ0) is 25.1. The number of likely N-dealkylation sites (tertiary alicyclic amines) is 1. The van der Waals surface area contributed by atoms with Crippen LogP contribution in [0.4, 0.5) is 19.0 Å². The minimum Gasteiger partial charge on any atom is -0.365 e. The maximum absolute atomic E-state index is 12.8. The van der Waals surface area contributed by atoms with Gasteiger partial charge in [0.1, 0.15) is 18.1 Å². The van der Waals surface area contributed by atoms with Gasteiger partial charge in [0.05, 0.1) is 18.4 Å². The third-order valence-corrected chi connectivity index (χ3v) is 7.73. The number of alkyl halides is 3. The van der Waals surface area contributed by atoms with Crippen LogP contribution in [-0.2, 0) is 11.5 Å². The Labute approximate surface area is 204 Å². The lowest BCUT2D eigenvalue weighted by Gasteiger charge is -2.34. The predicted molar refractivity (Wildman–Crippen MR) is 134 cm³/mol. The summed E-state index contributed by atoms with van der Waals surface area (Å²) in [6.07, 6.45) is 2.59. The number of ether oxygens (including phenoxy) is 1. The van der Waals surface area contributed by atoms with E-state index in [1.807, 2.05) is 29.0 Å². The second-order valence-corrected chi connectivity index (χ2v) is 16.0. The minimum atomic E-state index is -4.20. The molecule has 11 heteroatoms. The highest BCUT2D eigenvalue weighted by atomic mass is 28.3. The number of nitrogens with zero attached hydrogens (tertiary/aromatic N) is 5. The molecule has 1 saturated heterocycles. The molecule has 0 saturated carbocycles. The molecule has 1 N–H and O–H groups in total. The molecule has 4 rings (SSSR count). The molecule has 1 aliphatic heterocycles. The average molecular weight is 507 g/mol. The van der Waals surface area contributed by atoms with Crippen LogP contribution in [0.1, 0.15) is 12.8 Å². The van der Waals surface area contributed by atoms with Crippen LogP contribution in [0.3, 0.4) is 0 Å². The lowest BCUT2D eigenvalue weighted by molar-refractivity contribution is -0.147. The third kappa shape index (κ3) is 7.25. The minimum absolute atomic E-state index is 0.120. The van der Waals surface area contributed by atoms with Gasteiger partial charge in [-0.15, -0.1) is 0 Å². The zero-order valence-electron chi connectivity index (χ0n) is 20.5. The summed E-state index contributed by atoms with van der Waals surface area (Å²) in [7, 11) is -1.14. The quantitative estimate of drug-likeness (QED) is 0.316. The molecule has 0 amide bonds. The van der Waals surface area contributed by atoms with E-state index in [-0.39, 0.29) is 6.04 Å². The summed E-state index contributed by atoms with van der Waals surface area (Å²) < 4.78 is 46.3. The number of aromatic nitrogens is 4. The molecule has 1 atom stereocenters. The maximum Gasteiger partial charge on any atom is 0.401 e. The fourth-order valence-corrected chi connectivity index (χ4v) is 4.98. The first kappa shape index (κ1) is 25.6. The summed E-state index contributed by atoms with van der Waals surface area (Å²) in [4.78, 5) is 15.3. The normalized spacial score (nSPS) is 17.7. The van der Waals surface area contributed by atoms with Crippen LogP contribution in [0.15, 0.2) is 36.8 Å². The number of fused-ring (bicyclic) bond motifs is 1. The van der Waals surface area contributed by atoms with Crippen molar-refractivity contribution in [1.82, 2.24) is 24.4 Å². The molecule has 1 aliphatic rings. The van der Waals surface area contributed by atoms with Crippen molar-refractivity contribution < 1.29 is 17.9 Å². The molecule has 0 bridgehead atoms. The van der Waals surface area contributed by atoms with Crippen LogP contribution in [0.2, 0.25) is 25.7 Å². The predicted octanol–water partition coefficient (Wildman–Crippen LogP) is 5.24. The van der Waals surface area contributed by atoms with Crippen LogP contribution in [0.25, 0.3) is 22.4 Å². The molecular formula is C24H33F3N6OSi. The molecule has 1 unspecified atom stereocenters. The summed E-state index contributed by atoms with van der Waals surface area (Å²) in [5.41, 5.74) is 2.93. The summed E-state index contributed by atoms with van der Waals surface area (Å²) in [6, 6.07) is 6.62. The second kappa shape index (κ2) is 10.6. The average Bonchev–Trinajstić information content (AvgIpc) is 3.18. The van der Waals surface area contributed by atoms with E-state index in [9.17, 15) is 13.2 Å². The van der Waals surface area contributed by atoms with Gasteiger partial charge in [0.2, 0.25) is 0 Å². The summed E-state index contributed by atoms with van der Waals surface area (Å²) >= 11 is 0. The first-order valence-corrected chi connectivity index (χ1v) is 15.7. The van der Waals surface area contributed by atoms with E-state index in [0.29, 0.717) is 37.8 Å². The largest absolute Gasteiger partial charge is 0.401 e. The highest BCUT2D eigenvalue weighted by molar-refractivity contribution is 6.76. The molecule has 3 aromatic heterocycles. The maximum atomic E-state index is 12.8. The third-order valence-electron chi connectivity index (χ3n) is 6.02. The Morgan fingerprint density at radius 2 is 2.03 bits per heavy atom. The Morgan fingerprint density at radius 1 is 1.20 bits per heavy atom. The molecule has 7 nitrogen and oxygen atoms in total. The van der Waals surface area contributed by atoms with Gasteiger partial charge < -0.3 is 14.6 Å². The van der Waals surface area contributed by atoms with Crippen molar-refractivity contribution in [3.63, 3.8) is 0 Å². The van der Waals surface area contributed by atoms with Crippen LogP contribution in [0, 0.1) is 0 Å². The number of hydrogen-bond donors (Lipinski definition) is 1. The fourth-order valence-electron chi connectivity index (χ4n) is 4.23. The van der Waals surface area contributed by atoms with Gasteiger partial charge in [-0.1, -0.05) is 19.6 Å². The van der Waals surface area contributed by atoms with E-state index in [4.69, 9.17) is 9.72 Å². The smallest absolute Gasteiger partial charge is 0.365 e. The number of hydrogen-bond acceptors (Lipinski definition) is 6. The van der Waals surface area contributed by atoms with Crippen molar-refractivity contribution >= 4 is 25.1 Å². The lowest BCUT2D eigenvalue weighted by atomic mass is 10.0. The molecule has 1 fully saturated rings. The highest BCUT2D eigenvalue weighted by Gasteiger charge is 2.33. The number of piperidine rings is 1. The van der Waals surface area contributed by atoms with Gasteiger partial charge in [-0.3, -0.25) is 4.90 Å². The number of pyridine rings is 1. The van der Waals surface area contributed by atoms with Crippen LogP contribution >= 0.6 is 0 Å². The topological polar surface area (TPSA) is 68.1 Å². The van der Waals surface area contributed by atoms with Crippen LogP contribution in [-0.4, -0.2) is 71.0 Å². The van der Waals surface area contributed by atoms with E-state index in [2.05, 4.69) is 34.9 Å². The summed E-state index contributed by atoms with van der Waals surface area (Å²) in [5.74, 6) is 0.606. The molecule has 0 aliphatic carbocycles. The van der Waals surface area contributed by atoms with Gasteiger partial charge in [-0.25, -0.2) is 15.0 Å². The number of anilines is 1. The van der Waals surface area contributed by atoms with Crippen LogP contribution in [0.5, 0.6) is 0 Å². The monoisotopic (exact) mass is 506 g/mol. The van der Waals surface area contributed by atoms with Gasteiger partial charge in [0, 0.05) is 45.2 Å². The SMILES string of the molecule is C[Si](C)(C)CCOCn1ccc2nc(-c3cccnc3NC3CCCN(CC(F)(F)F)C3)cnc21. The number of halogens is 3. The Kier molecular flexibility index (Phi) is 7.77. The van der Waals surface area contributed by atoms with Gasteiger partial charge in [-0.2, -0.15) is 13.2 Å². The molecule has 3 aromatic rings. The standard InChI is InChI=1S/C24H33F3N6OSi/c1-35(2,3)13-12-34-17-33-11-8-20-23(33)29-14-21(31-20)19-7-4-9-28-22(19)30-18-6-5-10-32(15-18)16-24(25,26)27/h4,7-9,11,14,18H,5-6,10,12-13,15-17H2,1-3H3,(H,28,30). The first-order chi connectivity index (χ1) is 16.6. The molecular weight excluding hydrogens is 473 g/mol. The van der Waals surface area contributed by atoms with Crippen molar-refractivity contribution in [2.45, 2.75) is 57.5 Å². The Balaban J connectivity index is 1.46. The molecule has 0 aromatic carbocycles. The van der Waals surface area contributed by atoms with E-state index in [1.54, 1.807) is 12.4 Å². The molecule has 0 radical (unpaired) electrons. The van der Waals surface area contributed by atoms with E-state index in [0.717, 1.165) is 35.8 Å². The van der Waals surface area contributed by atoms with Crippen molar-refractivity contribution in [3.05, 3.63) is 36.8 Å². The summed E-state index contributed by atoms with van der Waals surface area (Å²) in [5, 5.41) is 3.35.